The van der Waals surface area contributed by atoms with Crippen LogP contribution in [-0.2, 0) is 0 Å². The Bertz CT molecular complexity index is 310. The number of benzene rings is 1. The molecule has 3 heteroatoms. The van der Waals surface area contributed by atoms with E-state index in [4.69, 9.17) is 18.0 Å². The number of thiocarbonyl (C=S) groups is 1. The Morgan fingerprint density at radius 3 is 2.69 bits per heavy atom. The van der Waals surface area contributed by atoms with E-state index in [1.807, 2.05) is 6.07 Å². The van der Waals surface area contributed by atoms with Crippen LogP contribution in [0.3, 0.4) is 0 Å². The molecule has 1 aliphatic rings. The summed E-state index contributed by atoms with van der Waals surface area (Å²) < 4.78 is 0. The van der Waals surface area contributed by atoms with Gasteiger partial charge in [0.1, 0.15) is 0 Å². The van der Waals surface area contributed by atoms with Gasteiger partial charge < -0.3 is 11.1 Å². The SMILES string of the molecule is NC(=S)N[C@H]1CC1c1ccccc1. The first-order valence-electron chi connectivity index (χ1n) is 4.38. The van der Waals surface area contributed by atoms with Crippen molar-refractivity contribution in [1.29, 1.82) is 0 Å². The highest BCUT2D eigenvalue weighted by Gasteiger charge is 2.38. The van der Waals surface area contributed by atoms with Crippen LogP contribution in [0.2, 0.25) is 0 Å². The third-order valence-electron chi connectivity index (χ3n) is 2.35. The number of nitrogens with two attached hydrogens (primary N) is 1. The highest BCUT2D eigenvalue weighted by atomic mass is 32.1. The Labute approximate surface area is 83.1 Å². The van der Waals surface area contributed by atoms with Gasteiger partial charge in [-0.15, -0.1) is 0 Å². The van der Waals surface area contributed by atoms with Crippen molar-refractivity contribution in [2.75, 3.05) is 0 Å². The largest absolute Gasteiger partial charge is 0.376 e. The van der Waals surface area contributed by atoms with Gasteiger partial charge in [0.25, 0.3) is 0 Å². The summed E-state index contributed by atoms with van der Waals surface area (Å²) in [4.78, 5) is 0. The minimum atomic E-state index is 0.406. The molecule has 68 valence electrons. The van der Waals surface area contributed by atoms with Gasteiger partial charge in [0, 0.05) is 12.0 Å². The molecule has 2 nitrogen and oxygen atoms in total. The van der Waals surface area contributed by atoms with Crippen molar-refractivity contribution in [3.05, 3.63) is 35.9 Å². The summed E-state index contributed by atoms with van der Waals surface area (Å²) in [5.41, 5.74) is 6.77. The number of hydrogen-bond acceptors (Lipinski definition) is 1. The van der Waals surface area contributed by atoms with Crippen LogP contribution < -0.4 is 11.1 Å². The third-order valence-corrected chi connectivity index (χ3v) is 2.46. The van der Waals surface area contributed by atoms with E-state index < -0.39 is 0 Å². The predicted molar refractivity (Wildman–Crippen MR) is 57.5 cm³/mol. The summed E-state index contributed by atoms with van der Waals surface area (Å²) >= 11 is 4.78. The van der Waals surface area contributed by atoms with E-state index in [0.717, 1.165) is 6.42 Å². The zero-order valence-corrected chi connectivity index (χ0v) is 8.05. The van der Waals surface area contributed by atoms with Crippen LogP contribution in [0.25, 0.3) is 0 Å². The Hall–Kier alpha value is -1.09. The van der Waals surface area contributed by atoms with Gasteiger partial charge in [0.05, 0.1) is 0 Å². The summed E-state index contributed by atoms with van der Waals surface area (Å²) in [7, 11) is 0. The molecular formula is C10H12N2S. The fourth-order valence-corrected chi connectivity index (χ4v) is 1.76. The molecule has 0 amide bonds. The van der Waals surface area contributed by atoms with E-state index in [1.54, 1.807) is 0 Å². The molecule has 0 spiro atoms. The van der Waals surface area contributed by atoms with Crippen LogP contribution in [-0.4, -0.2) is 11.2 Å². The smallest absolute Gasteiger partial charge is 0.163 e. The second-order valence-corrected chi connectivity index (χ2v) is 3.81. The lowest BCUT2D eigenvalue weighted by molar-refractivity contribution is 0.872. The summed E-state index contributed by atoms with van der Waals surface area (Å²) in [5.74, 6) is 0.600. The van der Waals surface area contributed by atoms with Crippen LogP contribution in [0.1, 0.15) is 17.9 Å². The average Bonchev–Trinajstić information content (AvgIpc) is 2.84. The highest BCUT2D eigenvalue weighted by Crippen LogP contribution is 2.40. The van der Waals surface area contributed by atoms with Crippen molar-refractivity contribution in [2.24, 2.45) is 5.73 Å². The second-order valence-electron chi connectivity index (χ2n) is 3.37. The molecule has 0 aliphatic heterocycles. The first kappa shape index (κ1) is 8.51. The molecule has 1 fully saturated rings. The zero-order valence-electron chi connectivity index (χ0n) is 7.23. The molecule has 13 heavy (non-hydrogen) atoms. The Kier molecular flexibility index (Phi) is 2.19. The predicted octanol–water partition coefficient (Wildman–Crippen LogP) is 1.38. The van der Waals surface area contributed by atoms with E-state index in [9.17, 15) is 0 Å². The van der Waals surface area contributed by atoms with Gasteiger partial charge in [-0.1, -0.05) is 30.3 Å². The van der Waals surface area contributed by atoms with E-state index in [1.165, 1.54) is 5.56 Å². The van der Waals surface area contributed by atoms with Gasteiger partial charge in [-0.05, 0) is 24.2 Å². The van der Waals surface area contributed by atoms with E-state index >= 15 is 0 Å². The van der Waals surface area contributed by atoms with Crippen molar-refractivity contribution in [2.45, 2.75) is 18.4 Å². The normalized spacial score (nSPS) is 25.2. The van der Waals surface area contributed by atoms with Crippen molar-refractivity contribution < 1.29 is 0 Å². The van der Waals surface area contributed by atoms with Gasteiger partial charge in [-0.2, -0.15) is 0 Å². The van der Waals surface area contributed by atoms with Crippen molar-refractivity contribution in [3.8, 4) is 0 Å². The Morgan fingerprint density at radius 2 is 2.08 bits per heavy atom. The van der Waals surface area contributed by atoms with Gasteiger partial charge >= 0.3 is 0 Å². The lowest BCUT2D eigenvalue weighted by Gasteiger charge is -2.02. The molecule has 1 aromatic rings. The first-order valence-corrected chi connectivity index (χ1v) is 4.79. The first-order chi connectivity index (χ1) is 6.27. The van der Waals surface area contributed by atoms with E-state index in [0.29, 0.717) is 17.1 Å². The number of hydrogen-bond donors (Lipinski definition) is 2. The fourth-order valence-electron chi connectivity index (χ4n) is 1.61. The second kappa shape index (κ2) is 3.34. The summed E-state index contributed by atoms with van der Waals surface area (Å²) in [6.07, 6.45) is 1.14. The molecule has 0 heterocycles. The molecule has 1 unspecified atom stereocenters. The zero-order chi connectivity index (χ0) is 9.26. The summed E-state index contributed by atoms with van der Waals surface area (Å²) in [5, 5.41) is 3.48. The quantitative estimate of drug-likeness (QED) is 0.695. The molecule has 1 aliphatic carbocycles. The molecule has 3 N–H and O–H groups in total. The minimum Gasteiger partial charge on any atom is -0.376 e. The van der Waals surface area contributed by atoms with Crippen LogP contribution in [0.15, 0.2) is 30.3 Å². The van der Waals surface area contributed by atoms with Crippen molar-refractivity contribution in [3.63, 3.8) is 0 Å². The minimum absolute atomic E-state index is 0.406. The maximum absolute atomic E-state index is 5.39. The van der Waals surface area contributed by atoms with Crippen molar-refractivity contribution >= 4 is 17.3 Å². The molecule has 1 saturated carbocycles. The summed E-state index contributed by atoms with van der Waals surface area (Å²) in [6.45, 7) is 0. The maximum Gasteiger partial charge on any atom is 0.163 e. The highest BCUT2D eigenvalue weighted by molar-refractivity contribution is 7.80. The molecule has 0 saturated heterocycles. The Morgan fingerprint density at radius 1 is 1.38 bits per heavy atom. The molecular weight excluding hydrogens is 180 g/mol. The molecule has 0 radical (unpaired) electrons. The fraction of sp³-hybridized carbons (Fsp3) is 0.300. The van der Waals surface area contributed by atoms with Gasteiger partial charge in [-0.3, -0.25) is 0 Å². The van der Waals surface area contributed by atoms with Gasteiger partial charge in [-0.25, -0.2) is 0 Å². The van der Waals surface area contributed by atoms with E-state index in [2.05, 4.69) is 29.6 Å². The van der Waals surface area contributed by atoms with Crippen molar-refractivity contribution in [1.82, 2.24) is 5.32 Å². The summed E-state index contributed by atoms with van der Waals surface area (Å²) in [6, 6.07) is 10.9. The topological polar surface area (TPSA) is 38.0 Å². The average molecular weight is 192 g/mol. The standard InChI is InChI=1S/C10H12N2S/c11-10(13)12-9-6-8(9)7-4-2-1-3-5-7/h1-5,8-9H,6H2,(H3,11,12,13)/t8?,9-/m0/s1. The van der Waals surface area contributed by atoms with Gasteiger partial charge in [0.15, 0.2) is 5.11 Å². The lowest BCUT2D eigenvalue weighted by atomic mass is 10.1. The molecule has 2 atom stereocenters. The molecule has 2 rings (SSSR count). The van der Waals surface area contributed by atoms with Crippen LogP contribution in [0, 0.1) is 0 Å². The van der Waals surface area contributed by atoms with Crippen LogP contribution in [0.4, 0.5) is 0 Å². The third kappa shape index (κ3) is 1.98. The lowest BCUT2D eigenvalue weighted by Crippen LogP contribution is -2.31. The number of nitrogens with one attached hydrogen (secondary N) is 1. The monoisotopic (exact) mass is 192 g/mol. The number of rotatable bonds is 2. The van der Waals surface area contributed by atoms with Crippen LogP contribution in [0.5, 0.6) is 0 Å². The molecule has 1 aromatic carbocycles. The molecule has 0 aromatic heterocycles. The van der Waals surface area contributed by atoms with Gasteiger partial charge in [0.2, 0.25) is 0 Å². The molecule has 0 bridgehead atoms. The maximum atomic E-state index is 5.39. The van der Waals surface area contributed by atoms with Crippen LogP contribution >= 0.6 is 12.2 Å². The Balaban J connectivity index is 1.97. The van der Waals surface area contributed by atoms with E-state index in [-0.39, 0.29) is 0 Å².